The minimum atomic E-state index is 0.914. The second kappa shape index (κ2) is 4.58. The van der Waals surface area contributed by atoms with E-state index in [1.54, 1.807) is 11.3 Å². The molecule has 3 aromatic heterocycles. The Morgan fingerprint density at radius 2 is 1.85 bits per heavy atom. The lowest BCUT2D eigenvalue weighted by Crippen LogP contribution is -1.78. The van der Waals surface area contributed by atoms with Crippen LogP contribution >= 0.6 is 11.3 Å². The van der Waals surface area contributed by atoms with Gasteiger partial charge in [0.1, 0.15) is 10.7 Å². The molecular formula is C16H11N3S. The van der Waals surface area contributed by atoms with E-state index in [9.17, 15) is 0 Å². The summed E-state index contributed by atoms with van der Waals surface area (Å²) in [7, 11) is 0. The maximum absolute atomic E-state index is 4.54. The molecule has 0 saturated heterocycles. The van der Waals surface area contributed by atoms with Crippen LogP contribution in [0.4, 0.5) is 0 Å². The molecular weight excluding hydrogens is 266 g/mol. The first-order valence-electron chi connectivity index (χ1n) is 6.35. The Morgan fingerprint density at radius 3 is 2.75 bits per heavy atom. The van der Waals surface area contributed by atoms with Gasteiger partial charge >= 0.3 is 0 Å². The maximum atomic E-state index is 4.54. The SMILES string of the molecule is c1ccc(-c2ncc(-c3ccnc4[nH]ccc34)s2)cc1. The van der Waals surface area contributed by atoms with E-state index >= 15 is 0 Å². The molecule has 1 aromatic carbocycles. The fourth-order valence-electron chi connectivity index (χ4n) is 2.29. The molecule has 1 N–H and O–H groups in total. The largest absolute Gasteiger partial charge is 0.346 e. The van der Waals surface area contributed by atoms with Crippen LogP contribution in [0.1, 0.15) is 0 Å². The van der Waals surface area contributed by atoms with Gasteiger partial charge in [-0.25, -0.2) is 9.97 Å². The topological polar surface area (TPSA) is 41.6 Å². The van der Waals surface area contributed by atoms with Crippen LogP contribution in [0.3, 0.4) is 0 Å². The Balaban J connectivity index is 1.84. The van der Waals surface area contributed by atoms with Crippen LogP contribution in [-0.4, -0.2) is 15.0 Å². The standard InChI is InChI=1S/C16H11N3S/c1-2-4-11(5-3-1)16-19-10-14(20-16)12-6-8-17-15-13(12)7-9-18-15/h1-10H,(H,17,18). The summed E-state index contributed by atoms with van der Waals surface area (Å²) in [5, 5.41) is 2.18. The van der Waals surface area contributed by atoms with Crippen LogP contribution in [0.25, 0.3) is 32.0 Å². The molecule has 20 heavy (non-hydrogen) atoms. The monoisotopic (exact) mass is 277 g/mol. The van der Waals surface area contributed by atoms with Crippen molar-refractivity contribution >= 4 is 22.4 Å². The van der Waals surface area contributed by atoms with E-state index < -0.39 is 0 Å². The number of hydrogen-bond acceptors (Lipinski definition) is 3. The predicted octanol–water partition coefficient (Wildman–Crippen LogP) is 4.35. The lowest BCUT2D eigenvalue weighted by molar-refractivity contribution is 1.33. The van der Waals surface area contributed by atoms with Crippen molar-refractivity contribution in [2.75, 3.05) is 0 Å². The molecule has 96 valence electrons. The first kappa shape index (κ1) is 11.4. The maximum Gasteiger partial charge on any atom is 0.137 e. The van der Waals surface area contributed by atoms with Gasteiger partial charge in [0.2, 0.25) is 0 Å². The Morgan fingerprint density at radius 1 is 0.950 bits per heavy atom. The van der Waals surface area contributed by atoms with E-state index in [1.165, 1.54) is 5.56 Å². The van der Waals surface area contributed by atoms with Gasteiger partial charge in [0.15, 0.2) is 0 Å². The molecule has 4 aromatic rings. The van der Waals surface area contributed by atoms with E-state index in [1.807, 2.05) is 42.9 Å². The number of rotatable bonds is 2. The zero-order valence-electron chi connectivity index (χ0n) is 10.6. The molecule has 0 radical (unpaired) electrons. The summed E-state index contributed by atoms with van der Waals surface area (Å²) in [6.07, 6.45) is 5.69. The number of nitrogens with zero attached hydrogens (tertiary/aromatic N) is 2. The number of H-pyrrole nitrogens is 1. The lowest BCUT2D eigenvalue weighted by atomic mass is 10.2. The van der Waals surface area contributed by atoms with Crippen LogP contribution in [0, 0.1) is 0 Å². The summed E-state index contributed by atoms with van der Waals surface area (Å²) in [4.78, 5) is 13.2. The average molecular weight is 277 g/mol. The molecule has 0 spiro atoms. The highest BCUT2D eigenvalue weighted by Crippen LogP contribution is 2.34. The predicted molar refractivity (Wildman–Crippen MR) is 82.6 cm³/mol. The minimum Gasteiger partial charge on any atom is -0.346 e. The van der Waals surface area contributed by atoms with E-state index in [-0.39, 0.29) is 0 Å². The summed E-state index contributed by atoms with van der Waals surface area (Å²) >= 11 is 1.70. The fourth-order valence-corrected chi connectivity index (χ4v) is 3.25. The zero-order chi connectivity index (χ0) is 13.4. The minimum absolute atomic E-state index is 0.914. The van der Waals surface area contributed by atoms with Crippen molar-refractivity contribution in [1.29, 1.82) is 0 Å². The zero-order valence-corrected chi connectivity index (χ0v) is 11.4. The molecule has 0 unspecified atom stereocenters. The van der Waals surface area contributed by atoms with Crippen LogP contribution < -0.4 is 0 Å². The van der Waals surface area contributed by atoms with Crippen molar-refractivity contribution in [3.8, 4) is 21.0 Å². The molecule has 0 aliphatic heterocycles. The molecule has 3 nitrogen and oxygen atoms in total. The normalized spacial score (nSPS) is 11.0. The van der Waals surface area contributed by atoms with Crippen molar-refractivity contribution in [3.63, 3.8) is 0 Å². The first-order valence-corrected chi connectivity index (χ1v) is 7.17. The summed E-state index contributed by atoms with van der Waals surface area (Å²) in [5.41, 5.74) is 3.25. The number of aromatic amines is 1. The highest BCUT2D eigenvalue weighted by atomic mass is 32.1. The molecule has 0 aliphatic carbocycles. The molecule has 0 fully saturated rings. The van der Waals surface area contributed by atoms with Crippen LogP contribution in [0.5, 0.6) is 0 Å². The Bertz CT molecular complexity index is 861. The van der Waals surface area contributed by atoms with Gasteiger partial charge in [-0.2, -0.15) is 0 Å². The number of nitrogens with one attached hydrogen (secondary N) is 1. The number of hydrogen-bond donors (Lipinski definition) is 1. The second-order valence-corrected chi connectivity index (χ2v) is 5.52. The van der Waals surface area contributed by atoms with Gasteiger partial charge in [-0.1, -0.05) is 30.3 Å². The summed E-state index contributed by atoms with van der Waals surface area (Å²) in [6, 6.07) is 14.4. The molecule has 0 aliphatic rings. The molecule has 4 heteroatoms. The Hall–Kier alpha value is -2.46. The van der Waals surface area contributed by atoms with Crippen molar-refractivity contribution in [3.05, 3.63) is 61.1 Å². The van der Waals surface area contributed by atoms with E-state index in [2.05, 4.69) is 33.2 Å². The molecule has 0 atom stereocenters. The van der Waals surface area contributed by atoms with Crippen molar-refractivity contribution < 1.29 is 0 Å². The fraction of sp³-hybridized carbons (Fsp3) is 0. The summed E-state index contributed by atoms with van der Waals surface area (Å²) in [6.45, 7) is 0. The Kier molecular flexibility index (Phi) is 2.60. The molecule has 4 rings (SSSR count). The van der Waals surface area contributed by atoms with Gasteiger partial charge in [-0.3, -0.25) is 0 Å². The quantitative estimate of drug-likeness (QED) is 0.591. The second-order valence-electron chi connectivity index (χ2n) is 4.49. The van der Waals surface area contributed by atoms with Gasteiger partial charge in [0, 0.05) is 35.1 Å². The van der Waals surface area contributed by atoms with Crippen molar-refractivity contribution in [2.24, 2.45) is 0 Å². The summed E-state index contributed by atoms with van der Waals surface area (Å²) < 4.78 is 0. The smallest absolute Gasteiger partial charge is 0.137 e. The number of thiazole rings is 1. The number of aromatic nitrogens is 3. The summed E-state index contributed by atoms with van der Waals surface area (Å²) in [5.74, 6) is 0. The molecule has 3 heterocycles. The highest BCUT2D eigenvalue weighted by molar-refractivity contribution is 7.18. The van der Waals surface area contributed by atoms with Gasteiger partial charge in [-0.05, 0) is 12.1 Å². The van der Waals surface area contributed by atoms with Gasteiger partial charge in [0.05, 0.1) is 4.88 Å². The van der Waals surface area contributed by atoms with Gasteiger partial charge in [-0.15, -0.1) is 11.3 Å². The van der Waals surface area contributed by atoms with Crippen LogP contribution in [0.2, 0.25) is 0 Å². The van der Waals surface area contributed by atoms with Crippen LogP contribution in [-0.2, 0) is 0 Å². The van der Waals surface area contributed by atoms with E-state index in [4.69, 9.17) is 0 Å². The number of pyridine rings is 1. The first-order chi connectivity index (χ1) is 9.92. The van der Waals surface area contributed by atoms with E-state index in [0.29, 0.717) is 0 Å². The van der Waals surface area contributed by atoms with Gasteiger partial charge in [0.25, 0.3) is 0 Å². The number of benzene rings is 1. The Labute approximate surface area is 120 Å². The van der Waals surface area contributed by atoms with Gasteiger partial charge < -0.3 is 4.98 Å². The molecule has 0 bridgehead atoms. The average Bonchev–Trinajstić information content (AvgIpc) is 3.17. The third-order valence-electron chi connectivity index (χ3n) is 3.25. The third-order valence-corrected chi connectivity index (χ3v) is 4.33. The van der Waals surface area contributed by atoms with Crippen molar-refractivity contribution in [2.45, 2.75) is 0 Å². The molecule has 0 amide bonds. The molecule has 0 saturated carbocycles. The lowest BCUT2D eigenvalue weighted by Gasteiger charge is -1.98. The van der Waals surface area contributed by atoms with E-state index in [0.717, 1.165) is 26.5 Å². The van der Waals surface area contributed by atoms with Crippen molar-refractivity contribution in [1.82, 2.24) is 15.0 Å². The third kappa shape index (κ3) is 1.82. The number of fused-ring (bicyclic) bond motifs is 1. The van der Waals surface area contributed by atoms with Crippen LogP contribution in [0.15, 0.2) is 61.1 Å². The highest BCUT2D eigenvalue weighted by Gasteiger charge is 2.10.